The molecule has 7 nitrogen and oxygen atoms in total. The number of unbranched alkanes of at least 4 members (excludes halogenated alkanes) is 3. The first-order chi connectivity index (χ1) is 12.0. The zero-order valence-electron chi connectivity index (χ0n) is 15.1. The van der Waals surface area contributed by atoms with Crippen LogP contribution >= 0.6 is 23.3 Å². The number of aromatic nitrogens is 1. The lowest BCUT2D eigenvalue weighted by Crippen LogP contribution is -2.31. The van der Waals surface area contributed by atoms with Crippen LogP contribution in [0.25, 0.3) is 0 Å². The Labute approximate surface area is 157 Å². The number of urea groups is 1. The third-order valence-corrected chi connectivity index (χ3v) is 5.35. The number of hydrogen-bond donors (Lipinski definition) is 3. The summed E-state index contributed by atoms with van der Waals surface area (Å²) in [5.74, 6) is -0.229. The van der Waals surface area contributed by atoms with Gasteiger partial charge in [0, 0.05) is 6.54 Å². The Morgan fingerprint density at radius 1 is 1.24 bits per heavy atom. The molecule has 2 amide bonds. The predicted octanol–water partition coefficient (Wildman–Crippen LogP) is 3.59. The van der Waals surface area contributed by atoms with Gasteiger partial charge < -0.3 is 15.3 Å². The second-order valence-electron chi connectivity index (χ2n) is 5.94. The Hall–Kier alpha value is -1.32. The highest BCUT2D eigenvalue weighted by atomic mass is 32.2. The van der Waals surface area contributed by atoms with E-state index >= 15 is 0 Å². The minimum Gasteiger partial charge on any atom is -0.477 e. The number of hydrogen-bond acceptors (Lipinski definition) is 6. The normalized spacial score (nSPS) is 10.9. The van der Waals surface area contributed by atoms with Gasteiger partial charge in [0.05, 0.1) is 0 Å². The zero-order valence-corrected chi connectivity index (χ0v) is 16.8. The van der Waals surface area contributed by atoms with Crippen LogP contribution in [0.4, 0.5) is 9.80 Å². The Bertz CT molecular complexity index is 549. The number of nitrogens with one attached hydrogen (secondary N) is 2. The molecule has 1 aromatic heterocycles. The molecule has 0 aliphatic heterocycles. The van der Waals surface area contributed by atoms with Gasteiger partial charge in [-0.05, 0) is 50.8 Å². The van der Waals surface area contributed by atoms with Crippen LogP contribution in [0, 0.1) is 0 Å². The summed E-state index contributed by atoms with van der Waals surface area (Å²) >= 11 is 2.45. The average Bonchev–Trinajstić information content (AvgIpc) is 2.94. The molecule has 0 unspecified atom stereocenters. The fourth-order valence-electron chi connectivity index (χ4n) is 2.09. The summed E-state index contributed by atoms with van der Waals surface area (Å²) in [5, 5.41) is 15.5. The Morgan fingerprint density at radius 2 is 2.00 bits per heavy atom. The molecule has 0 atom stereocenters. The lowest BCUT2D eigenvalue weighted by Gasteiger charge is -2.10. The van der Waals surface area contributed by atoms with E-state index in [2.05, 4.69) is 21.9 Å². The van der Waals surface area contributed by atoms with Crippen LogP contribution in [0.1, 0.15) is 49.4 Å². The van der Waals surface area contributed by atoms with Crippen molar-refractivity contribution >= 4 is 40.3 Å². The average molecular weight is 389 g/mol. The van der Waals surface area contributed by atoms with E-state index in [1.165, 1.54) is 24.6 Å². The molecule has 1 aromatic rings. The van der Waals surface area contributed by atoms with Crippen LogP contribution in [0.5, 0.6) is 0 Å². The van der Waals surface area contributed by atoms with Crippen LogP contribution in [-0.2, 0) is 0 Å². The minimum atomic E-state index is -1.06. The molecular formula is C16H28N4O3S2. The van der Waals surface area contributed by atoms with Gasteiger partial charge in [0.1, 0.15) is 15.6 Å². The van der Waals surface area contributed by atoms with Crippen LogP contribution < -0.4 is 10.6 Å². The van der Waals surface area contributed by atoms with Crippen molar-refractivity contribution in [1.82, 2.24) is 14.6 Å². The molecule has 0 bridgehead atoms. The summed E-state index contributed by atoms with van der Waals surface area (Å²) in [6, 6.07) is -0.399. The molecule has 1 heterocycles. The number of thioether (sulfide) groups is 1. The Kier molecular flexibility index (Phi) is 10.5. The highest BCUT2D eigenvalue weighted by molar-refractivity contribution is 7.99. The molecule has 0 saturated carbocycles. The quantitative estimate of drug-likeness (QED) is 0.374. The van der Waals surface area contributed by atoms with Crippen molar-refractivity contribution in [2.45, 2.75) is 44.1 Å². The van der Waals surface area contributed by atoms with Crippen molar-refractivity contribution < 1.29 is 14.7 Å². The molecule has 0 saturated heterocycles. The van der Waals surface area contributed by atoms with Crippen molar-refractivity contribution in [1.29, 1.82) is 0 Å². The van der Waals surface area contributed by atoms with E-state index in [1.807, 2.05) is 19.0 Å². The monoisotopic (exact) mass is 388 g/mol. The number of carbonyl (C=O) groups is 2. The maximum atomic E-state index is 11.9. The van der Waals surface area contributed by atoms with Crippen LogP contribution in [0.3, 0.4) is 0 Å². The molecule has 0 fully saturated rings. The lowest BCUT2D eigenvalue weighted by atomic mass is 10.2. The number of rotatable bonds is 12. The Morgan fingerprint density at radius 3 is 2.64 bits per heavy atom. The lowest BCUT2D eigenvalue weighted by molar-refractivity contribution is 0.0694. The summed E-state index contributed by atoms with van der Waals surface area (Å²) in [4.78, 5) is 25.5. The number of anilines is 1. The van der Waals surface area contributed by atoms with Crippen molar-refractivity contribution in [3.8, 4) is 0 Å². The van der Waals surface area contributed by atoms with E-state index in [1.54, 1.807) is 0 Å². The van der Waals surface area contributed by atoms with Gasteiger partial charge in [-0.15, -0.1) is 11.8 Å². The minimum absolute atomic E-state index is 0.0916. The van der Waals surface area contributed by atoms with Crippen molar-refractivity contribution in [3.63, 3.8) is 0 Å². The molecule has 3 N–H and O–H groups in total. The largest absolute Gasteiger partial charge is 0.477 e. The van der Waals surface area contributed by atoms with Crippen molar-refractivity contribution in [3.05, 3.63) is 5.56 Å². The van der Waals surface area contributed by atoms with Crippen LogP contribution in [0.15, 0.2) is 5.03 Å². The summed E-state index contributed by atoms with van der Waals surface area (Å²) < 4.78 is 4.20. The smallest absolute Gasteiger partial charge is 0.341 e. The summed E-state index contributed by atoms with van der Waals surface area (Å²) in [6.07, 6.45) is 5.35. The van der Waals surface area contributed by atoms with E-state index in [4.69, 9.17) is 0 Å². The number of nitrogens with zero attached hydrogens (tertiary/aromatic N) is 2. The van der Waals surface area contributed by atoms with Crippen molar-refractivity contribution in [2.24, 2.45) is 0 Å². The van der Waals surface area contributed by atoms with Gasteiger partial charge in [-0.2, -0.15) is 4.37 Å². The van der Waals surface area contributed by atoms with Gasteiger partial charge >= 0.3 is 12.0 Å². The van der Waals surface area contributed by atoms with Gasteiger partial charge in [0.2, 0.25) is 0 Å². The molecule has 0 aromatic carbocycles. The molecule has 0 aliphatic rings. The fraction of sp³-hybridized carbons (Fsp3) is 0.688. The van der Waals surface area contributed by atoms with Gasteiger partial charge in [-0.1, -0.05) is 26.2 Å². The second kappa shape index (κ2) is 12.1. The van der Waals surface area contributed by atoms with E-state index in [-0.39, 0.29) is 10.6 Å². The van der Waals surface area contributed by atoms with Gasteiger partial charge in [-0.3, -0.25) is 5.32 Å². The Balaban J connectivity index is 2.53. The first kappa shape index (κ1) is 21.7. The molecular weight excluding hydrogens is 360 g/mol. The standard InChI is InChI=1S/C16H28N4O3S2/c1-4-5-6-7-11-24-14-12(15(21)22)13(25-19-14)18-16(23)17-9-8-10-20(2)3/h4-11H2,1-3H3,(H,21,22)(H2,17,18,23). The van der Waals surface area contributed by atoms with Crippen LogP contribution in [-0.4, -0.2) is 59.3 Å². The first-order valence-corrected chi connectivity index (χ1v) is 10.3. The number of carboxylic acids is 1. The highest BCUT2D eigenvalue weighted by Gasteiger charge is 2.22. The molecule has 1 rings (SSSR count). The third-order valence-electron chi connectivity index (χ3n) is 3.41. The van der Waals surface area contributed by atoms with Gasteiger partial charge in [0.25, 0.3) is 0 Å². The third kappa shape index (κ3) is 8.55. The van der Waals surface area contributed by atoms with E-state index in [9.17, 15) is 14.7 Å². The predicted molar refractivity (Wildman–Crippen MR) is 104 cm³/mol. The maximum absolute atomic E-state index is 11.9. The maximum Gasteiger partial charge on any atom is 0.341 e. The fourth-order valence-corrected chi connectivity index (χ4v) is 4.03. The molecule has 0 aliphatic carbocycles. The van der Waals surface area contributed by atoms with Gasteiger partial charge in [-0.25, -0.2) is 9.59 Å². The van der Waals surface area contributed by atoms with E-state index < -0.39 is 12.0 Å². The van der Waals surface area contributed by atoms with Gasteiger partial charge in [0.15, 0.2) is 0 Å². The number of carboxylic acid groups (broad SMARTS) is 1. The highest BCUT2D eigenvalue weighted by Crippen LogP contribution is 2.32. The number of carbonyl (C=O) groups excluding carboxylic acids is 1. The van der Waals surface area contributed by atoms with E-state index in [0.29, 0.717) is 11.6 Å². The SMILES string of the molecule is CCCCCCSc1nsc(NC(=O)NCCCN(C)C)c1C(=O)O. The molecule has 142 valence electrons. The summed E-state index contributed by atoms with van der Waals surface area (Å²) in [6.45, 7) is 3.56. The van der Waals surface area contributed by atoms with E-state index in [0.717, 1.165) is 43.1 Å². The van der Waals surface area contributed by atoms with Crippen molar-refractivity contribution in [2.75, 3.05) is 38.3 Å². The number of aromatic carboxylic acids is 1. The number of amides is 2. The molecule has 0 radical (unpaired) electrons. The topological polar surface area (TPSA) is 94.6 Å². The first-order valence-electron chi connectivity index (χ1n) is 8.51. The summed E-state index contributed by atoms with van der Waals surface area (Å²) in [5.41, 5.74) is 0.0916. The van der Waals surface area contributed by atoms with Crippen LogP contribution in [0.2, 0.25) is 0 Å². The molecule has 0 spiro atoms. The second-order valence-corrected chi connectivity index (χ2v) is 7.80. The molecule has 25 heavy (non-hydrogen) atoms. The zero-order chi connectivity index (χ0) is 18.7. The summed E-state index contributed by atoms with van der Waals surface area (Å²) in [7, 11) is 3.94. The molecule has 9 heteroatoms.